The van der Waals surface area contributed by atoms with E-state index in [0.29, 0.717) is 49.7 Å². The Kier molecular flexibility index (Phi) is 7.44. The van der Waals surface area contributed by atoms with Crippen LogP contribution < -0.4 is 0 Å². The molecule has 0 unspecified atom stereocenters. The Labute approximate surface area is 227 Å². The average molecular weight is 553 g/mol. The summed E-state index contributed by atoms with van der Waals surface area (Å²) in [5.74, 6) is 0.0496. The molecule has 2 aliphatic heterocycles. The second-order valence-electron chi connectivity index (χ2n) is 9.44. The van der Waals surface area contributed by atoms with Gasteiger partial charge in [-0.25, -0.2) is 13.1 Å². The molecule has 1 aromatic heterocycles. The van der Waals surface area contributed by atoms with Crippen LogP contribution in [0.3, 0.4) is 0 Å². The standard InChI is InChI=1S/C27H28N4O5S2/c1-19(2)17-30-26(32)24(36-27(30)37)16-21-18-31(22-6-4-3-5-7-22)28-25(21)20-8-10-23(11-9-20)38(33,34)29-12-14-35-15-13-29/h3-11,16,18-19H,12-15,17H2,1-2H3. The zero-order valence-electron chi connectivity index (χ0n) is 21.1. The maximum atomic E-state index is 13.1. The van der Waals surface area contributed by atoms with Crippen LogP contribution in [-0.2, 0) is 24.3 Å². The first kappa shape index (κ1) is 26.2. The van der Waals surface area contributed by atoms with Gasteiger partial charge in [0.15, 0.2) is 5.76 Å². The highest BCUT2D eigenvalue weighted by molar-refractivity contribution is 7.89. The number of morpholine rings is 1. The number of hydrogen-bond acceptors (Lipinski definition) is 7. The summed E-state index contributed by atoms with van der Waals surface area (Å²) in [6, 6.07) is 16.2. The van der Waals surface area contributed by atoms with Gasteiger partial charge in [-0.15, -0.1) is 0 Å². The molecule has 0 bridgehead atoms. The lowest BCUT2D eigenvalue weighted by Gasteiger charge is -2.26. The number of carbonyl (C=O) groups excluding carboxylic acids is 1. The van der Waals surface area contributed by atoms with Crippen molar-refractivity contribution in [2.45, 2.75) is 18.7 Å². The van der Waals surface area contributed by atoms with Crippen LogP contribution >= 0.6 is 12.2 Å². The third-order valence-electron chi connectivity index (χ3n) is 6.21. The Hall–Kier alpha value is -3.38. The Morgan fingerprint density at radius 1 is 1.05 bits per heavy atom. The summed E-state index contributed by atoms with van der Waals surface area (Å²) in [6.07, 6.45) is 3.44. The molecule has 0 saturated carbocycles. The van der Waals surface area contributed by atoms with E-state index < -0.39 is 10.0 Å². The van der Waals surface area contributed by atoms with E-state index >= 15 is 0 Å². The Bertz CT molecular complexity index is 1480. The molecule has 0 radical (unpaired) electrons. The fourth-order valence-electron chi connectivity index (χ4n) is 4.31. The molecule has 198 valence electrons. The number of carbonyl (C=O) groups is 1. The second-order valence-corrected chi connectivity index (χ2v) is 11.7. The van der Waals surface area contributed by atoms with Gasteiger partial charge >= 0.3 is 0 Å². The molecule has 1 amide bonds. The number of aromatic nitrogens is 2. The van der Waals surface area contributed by atoms with Crippen molar-refractivity contribution >= 4 is 39.4 Å². The number of rotatable bonds is 7. The van der Waals surface area contributed by atoms with Crippen LogP contribution in [0.2, 0.25) is 0 Å². The zero-order chi connectivity index (χ0) is 26.9. The Balaban J connectivity index is 1.52. The van der Waals surface area contributed by atoms with Crippen molar-refractivity contribution in [3.05, 3.63) is 72.1 Å². The number of nitrogens with zero attached hydrogens (tertiary/aromatic N) is 4. The topological polar surface area (TPSA) is 94.0 Å². The fourth-order valence-corrected chi connectivity index (χ4v) is 5.97. The summed E-state index contributed by atoms with van der Waals surface area (Å²) in [5, 5.41) is 4.90. The third-order valence-corrected chi connectivity index (χ3v) is 8.42. The van der Waals surface area contributed by atoms with Crippen molar-refractivity contribution in [3.8, 4) is 16.9 Å². The molecule has 3 heterocycles. The molecule has 2 saturated heterocycles. The molecule has 0 atom stereocenters. The van der Waals surface area contributed by atoms with Crippen LogP contribution in [-0.4, -0.2) is 71.3 Å². The summed E-state index contributed by atoms with van der Waals surface area (Å²) < 4.78 is 40.2. The quantitative estimate of drug-likeness (QED) is 0.326. The van der Waals surface area contributed by atoms with Gasteiger partial charge in [-0.05, 0) is 48.5 Å². The molecule has 9 nitrogen and oxygen atoms in total. The average Bonchev–Trinajstić information content (AvgIpc) is 3.46. The van der Waals surface area contributed by atoms with Gasteiger partial charge < -0.3 is 9.47 Å². The molecular weight excluding hydrogens is 524 g/mol. The predicted molar refractivity (Wildman–Crippen MR) is 147 cm³/mol. The fraction of sp³-hybridized carbons (Fsp3) is 0.296. The van der Waals surface area contributed by atoms with Crippen LogP contribution in [0.4, 0.5) is 0 Å². The predicted octanol–water partition coefficient (Wildman–Crippen LogP) is 3.70. The third kappa shape index (κ3) is 5.28. The highest BCUT2D eigenvalue weighted by Gasteiger charge is 2.34. The van der Waals surface area contributed by atoms with E-state index in [-0.39, 0.29) is 27.7 Å². The van der Waals surface area contributed by atoms with Gasteiger partial charge in [-0.1, -0.05) is 44.2 Å². The minimum atomic E-state index is -3.63. The SMILES string of the molecule is CC(C)CN1C(=O)C(=Cc2cn(-c3ccccc3)nc2-c2ccc(S(=O)(=O)N3CCOCC3)cc2)OC1=S. The lowest BCUT2D eigenvalue weighted by Crippen LogP contribution is -2.40. The van der Waals surface area contributed by atoms with Crippen LogP contribution in [0, 0.1) is 5.92 Å². The van der Waals surface area contributed by atoms with Crippen LogP contribution in [0.5, 0.6) is 0 Å². The molecule has 0 spiro atoms. The second kappa shape index (κ2) is 10.8. The molecule has 0 aliphatic carbocycles. The van der Waals surface area contributed by atoms with E-state index in [1.807, 2.05) is 44.2 Å². The van der Waals surface area contributed by atoms with E-state index in [1.165, 1.54) is 9.21 Å². The first-order valence-electron chi connectivity index (χ1n) is 12.3. The van der Waals surface area contributed by atoms with Gasteiger partial charge in [-0.3, -0.25) is 9.69 Å². The van der Waals surface area contributed by atoms with Crippen molar-refractivity contribution in [2.24, 2.45) is 5.92 Å². The summed E-state index contributed by atoms with van der Waals surface area (Å²) in [7, 11) is -3.63. The summed E-state index contributed by atoms with van der Waals surface area (Å²) in [6.45, 7) is 5.88. The van der Waals surface area contributed by atoms with Gasteiger partial charge in [0, 0.05) is 37.0 Å². The van der Waals surface area contributed by atoms with Crippen LogP contribution in [0.1, 0.15) is 19.4 Å². The monoisotopic (exact) mass is 552 g/mol. The van der Waals surface area contributed by atoms with E-state index in [1.54, 1.807) is 41.2 Å². The number of hydrogen-bond donors (Lipinski definition) is 0. The minimum Gasteiger partial charge on any atom is -0.426 e. The molecule has 5 rings (SSSR count). The summed E-state index contributed by atoms with van der Waals surface area (Å²) in [4.78, 5) is 14.7. The van der Waals surface area contributed by atoms with Crippen LogP contribution in [0.15, 0.2) is 71.4 Å². The zero-order valence-corrected chi connectivity index (χ0v) is 22.7. The molecule has 0 N–H and O–H groups in total. The lowest BCUT2D eigenvalue weighted by atomic mass is 10.1. The maximum Gasteiger partial charge on any atom is 0.297 e. The molecular formula is C27H28N4O5S2. The Morgan fingerprint density at radius 3 is 2.39 bits per heavy atom. The number of thiocarbonyl (C=S) groups is 1. The number of sulfonamides is 1. The van der Waals surface area contributed by atoms with Gasteiger partial charge in [0.05, 0.1) is 23.8 Å². The van der Waals surface area contributed by atoms with Gasteiger partial charge in [0.1, 0.15) is 5.69 Å². The molecule has 2 aromatic carbocycles. The molecule has 38 heavy (non-hydrogen) atoms. The minimum absolute atomic E-state index is 0.121. The number of benzene rings is 2. The van der Waals surface area contributed by atoms with E-state index in [2.05, 4.69) is 0 Å². The largest absolute Gasteiger partial charge is 0.426 e. The normalized spacial score (nSPS) is 18.0. The summed E-state index contributed by atoms with van der Waals surface area (Å²) >= 11 is 5.29. The first-order chi connectivity index (χ1) is 18.2. The number of amides is 1. The maximum absolute atomic E-state index is 13.1. The number of para-hydroxylation sites is 1. The van der Waals surface area contributed by atoms with Crippen molar-refractivity contribution < 1.29 is 22.7 Å². The van der Waals surface area contributed by atoms with E-state index in [4.69, 9.17) is 26.8 Å². The smallest absolute Gasteiger partial charge is 0.297 e. The van der Waals surface area contributed by atoms with Gasteiger partial charge in [-0.2, -0.15) is 9.40 Å². The number of ether oxygens (including phenoxy) is 2. The van der Waals surface area contributed by atoms with E-state index in [0.717, 1.165) is 5.69 Å². The molecule has 2 fully saturated rings. The van der Waals surface area contributed by atoms with Crippen molar-refractivity contribution in [1.29, 1.82) is 0 Å². The highest BCUT2D eigenvalue weighted by Crippen LogP contribution is 2.30. The highest BCUT2D eigenvalue weighted by atomic mass is 32.2. The summed E-state index contributed by atoms with van der Waals surface area (Å²) in [5.41, 5.74) is 2.73. The molecule has 3 aromatic rings. The lowest BCUT2D eigenvalue weighted by molar-refractivity contribution is -0.123. The Morgan fingerprint density at radius 2 is 1.74 bits per heavy atom. The van der Waals surface area contributed by atoms with Crippen molar-refractivity contribution in [2.75, 3.05) is 32.8 Å². The van der Waals surface area contributed by atoms with Crippen molar-refractivity contribution in [1.82, 2.24) is 19.0 Å². The first-order valence-corrected chi connectivity index (χ1v) is 14.2. The van der Waals surface area contributed by atoms with Gasteiger partial charge in [0.25, 0.3) is 11.1 Å². The molecule has 11 heteroatoms. The van der Waals surface area contributed by atoms with E-state index in [9.17, 15) is 13.2 Å². The van der Waals surface area contributed by atoms with Crippen molar-refractivity contribution in [3.63, 3.8) is 0 Å². The van der Waals surface area contributed by atoms with Gasteiger partial charge in [0.2, 0.25) is 10.0 Å². The van der Waals surface area contributed by atoms with Crippen LogP contribution in [0.25, 0.3) is 23.0 Å². The molecule has 2 aliphatic rings.